The maximum absolute atomic E-state index is 10.1. The van der Waals surface area contributed by atoms with Gasteiger partial charge >= 0.3 is 115 Å². The Labute approximate surface area is 183 Å². The molecule has 0 aromatic carbocycles. The molecule has 0 aliphatic rings. The zero-order valence-corrected chi connectivity index (χ0v) is 18.3. The van der Waals surface area contributed by atoms with Gasteiger partial charge < -0.3 is 34.8 Å². The molecular formula is C6H5Na3O7Zr+4. The summed E-state index contributed by atoms with van der Waals surface area (Å²) < 4.78 is 0. The first kappa shape index (κ1) is 31.6. The third-order valence-electron chi connectivity index (χ3n) is 1.25. The van der Waals surface area contributed by atoms with E-state index in [2.05, 4.69) is 0 Å². The van der Waals surface area contributed by atoms with Crippen LogP contribution in [0.2, 0.25) is 0 Å². The molecule has 0 aliphatic heterocycles. The van der Waals surface area contributed by atoms with Gasteiger partial charge in [-0.2, -0.15) is 0 Å². The van der Waals surface area contributed by atoms with Crippen LogP contribution in [-0.4, -0.2) is 28.6 Å². The zero-order chi connectivity index (χ0) is 10.6. The van der Waals surface area contributed by atoms with Gasteiger partial charge in [0.15, 0.2) is 0 Å². The summed E-state index contributed by atoms with van der Waals surface area (Å²) in [5.74, 6) is -5.98. The maximum atomic E-state index is 10.1. The Hall–Kier alpha value is 2.25. The summed E-state index contributed by atoms with van der Waals surface area (Å²) in [6, 6.07) is 0. The van der Waals surface area contributed by atoms with E-state index in [1.807, 2.05) is 0 Å². The molecule has 7 nitrogen and oxygen atoms in total. The molecule has 0 heterocycles. The molecular weight excluding hydrogens is 344 g/mol. The predicted molar refractivity (Wildman–Crippen MR) is 29.2 cm³/mol. The van der Waals surface area contributed by atoms with E-state index in [0.29, 0.717) is 0 Å². The Morgan fingerprint density at radius 2 is 1.12 bits per heavy atom. The van der Waals surface area contributed by atoms with Gasteiger partial charge in [-0.15, -0.1) is 0 Å². The average molecular weight is 349 g/mol. The average Bonchev–Trinajstić information content (AvgIpc) is 1.82. The third kappa shape index (κ3) is 14.5. The number of rotatable bonds is 5. The minimum atomic E-state index is -2.97. The van der Waals surface area contributed by atoms with E-state index in [9.17, 15) is 29.7 Å². The van der Waals surface area contributed by atoms with Crippen LogP contribution in [-0.2, 0) is 40.6 Å². The van der Waals surface area contributed by atoms with Gasteiger partial charge in [-0.05, 0) is 0 Å². The van der Waals surface area contributed by atoms with E-state index < -0.39 is 36.4 Å². The molecule has 0 bridgehead atoms. The van der Waals surface area contributed by atoms with Gasteiger partial charge in [-0.25, -0.2) is 0 Å². The first-order chi connectivity index (χ1) is 5.78. The van der Waals surface area contributed by atoms with Crippen LogP contribution in [0.1, 0.15) is 12.8 Å². The van der Waals surface area contributed by atoms with Crippen molar-refractivity contribution in [3.63, 3.8) is 0 Å². The predicted octanol–water partition coefficient (Wildman–Crippen LogP) is -14.2. The van der Waals surface area contributed by atoms with Crippen molar-refractivity contribution in [2.75, 3.05) is 0 Å². The molecule has 74 valence electrons. The van der Waals surface area contributed by atoms with Gasteiger partial charge in [-0.1, -0.05) is 0 Å². The van der Waals surface area contributed by atoms with Crippen LogP contribution in [0.5, 0.6) is 0 Å². The topological polar surface area (TPSA) is 141 Å². The molecule has 0 rings (SSSR count). The van der Waals surface area contributed by atoms with Crippen molar-refractivity contribution in [2.45, 2.75) is 18.4 Å². The van der Waals surface area contributed by atoms with E-state index in [1.165, 1.54) is 0 Å². The Bertz CT molecular complexity index is 244. The Morgan fingerprint density at radius 3 is 1.24 bits per heavy atom. The fourth-order valence-electron chi connectivity index (χ4n) is 0.684. The van der Waals surface area contributed by atoms with Crippen molar-refractivity contribution in [3.05, 3.63) is 0 Å². The number of carboxylic acid groups (broad SMARTS) is 3. The van der Waals surface area contributed by atoms with Crippen molar-refractivity contribution in [2.24, 2.45) is 0 Å². The van der Waals surface area contributed by atoms with Gasteiger partial charge in [-0.3, -0.25) is 0 Å². The molecule has 0 unspecified atom stereocenters. The van der Waals surface area contributed by atoms with E-state index in [0.717, 1.165) is 0 Å². The molecule has 17 heavy (non-hydrogen) atoms. The van der Waals surface area contributed by atoms with Gasteiger partial charge in [0, 0.05) is 24.8 Å². The third-order valence-corrected chi connectivity index (χ3v) is 1.25. The molecule has 0 fully saturated rings. The molecule has 0 atom stereocenters. The second kappa shape index (κ2) is 14.7. The van der Waals surface area contributed by atoms with Gasteiger partial charge in [0.25, 0.3) is 0 Å². The Morgan fingerprint density at radius 1 is 0.882 bits per heavy atom. The van der Waals surface area contributed by atoms with Crippen LogP contribution in [0.15, 0.2) is 0 Å². The molecule has 0 spiro atoms. The van der Waals surface area contributed by atoms with E-state index in [-0.39, 0.29) is 115 Å². The van der Waals surface area contributed by atoms with Crippen LogP contribution < -0.4 is 104 Å². The SMILES string of the molecule is O=C([O-])CC(O)(CC(=O)[O-])C(=O)[O-].[Na+].[Na+].[Na+].[Zr+4]. The molecule has 0 aromatic heterocycles. The fourth-order valence-corrected chi connectivity index (χ4v) is 0.684. The molecule has 0 aromatic rings. The summed E-state index contributed by atoms with van der Waals surface area (Å²) in [4.78, 5) is 30.0. The van der Waals surface area contributed by atoms with Crippen LogP contribution in [0.3, 0.4) is 0 Å². The first-order valence-corrected chi connectivity index (χ1v) is 3.11. The number of aliphatic carboxylic acids is 3. The Kier molecular flexibility index (Phi) is 27.2. The Balaban J connectivity index is -0.000000120. The zero-order valence-electron chi connectivity index (χ0n) is 9.81. The second-order valence-electron chi connectivity index (χ2n) is 2.42. The molecule has 0 saturated carbocycles. The molecule has 0 amide bonds. The van der Waals surface area contributed by atoms with Crippen molar-refractivity contribution in [1.29, 1.82) is 0 Å². The summed E-state index contributed by atoms with van der Waals surface area (Å²) in [6.45, 7) is 0. The minimum absolute atomic E-state index is 0. The number of carbonyl (C=O) groups excluding carboxylic acids is 3. The molecule has 0 saturated heterocycles. The van der Waals surface area contributed by atoms with Crippen molar-refractivity contribution in [3.8, 4) is 0 Å². The first-order valence-electron chi connectivity index (χ1n) is 3.11. The van der Waals surface area contributed by atoms with Crippen LogP contribution in [0, 0.1) is 0 Å². The molecule has 0 aliphatic carbocycles. The van der Waals surface area contributed by atoms with Crippen molar-refractivity contribution >= 4 is 17.9 Å². The van der Waals surface area contributed by atoms with Crippen molar-refractivity contribution in [1.82, 2.24) is 0 Å². The van der Waals surface area contributed by atoms with Crippen molar-refractivity contribution < 1.29 is 150 Å². The minimum Gasteiger partial charge on any atom is -0.550 e. The van der Waals surface area contributed by atoms with E-state index >= 15 is 0 Å². The standard InChI is InChI=1S/C6H8O7.3Na.Zr/c7-3(8)1-6(13,5(11)12)2-4(9)10;;;;/h13H,1-2H2,(H,7,8)(H,9,10)(H,11,12);;;;/q;3*+1;+4/p-3. The summed E-state index contributed by atoms with van der Waals surface area (Å²) in [6.07, 6.45) is -2.72. The number of carbonyl (C=O) groups is 3. The van der Waals surface area contributed by atoms with Crippen LogP contribution in [0.4, 0.5) is 0 Å². The smallest absolute Gasteiger partial charge is 0.550 e. The monoisotopic (exact) mass is 348 g/mol. The summed E-state index contributed by atoms with van der Waals surface area (Å²) in [7, 11) is 0. The normalized spacial score (nSPS) is 8.29. The van der Waals surface area contributed by atoms with Gasteiger partial charge in [0.05, 0.1) is 5.97 Å². The fraction of sp³-hybridized carbons (Fsp3) is 0.500. The van der Waals surface area contributed by atoms with Crippen LogP contribution >= 0.6 is 0 Å². The second-order valence-corrected chi connectivity index (χ2v) is 2.42. The number of carboxylic acids is 3. The number of hydrogen-bond donors (Lipinski definition) is 1. The van der Waals surface area contributed by atoms with E-state index in [1.54, 1.807) is 0 Å². The molecule has 0 radical (unpaired) electrons. The summed E-state index contributed by atoms with van der Waals surface area (Å²) in [5, 5.41) is 38.9. The van der Waals surface area contributed by atoms with E-state index in [4.69, 9.17) is 5.11 Å². The largest absolute Gasteiger partial charge is 4.00 e. The van der Waals surface area contributed by atoms with Gasteiger partial charge in [0.2, 0.25) is 0 Å². The number of aliphatic hydroxyl groups is 1. The molecule has 11 heteroatoms. The quantitative estimate of drug-likeness (QED) is 0.486. The molecule has 1 N–H and O–H groups in total. The number of hydrogen-bond acceptors (Lipinski definition) is 7. The maximum Gasteiger partial charge on any atom is 4.00 e. The van der Waals surface area contributed by atoms with Crippen LogP contribution in [0.25, 0.3) is 0 Å². The summed E-state index contributed by atoms with van der Waals surface area (Å²) in [5.41, 5.74) is -2.97. The van der Waals surface area contributed by atoms with Gasteiger partial charge in [0.1, 0.15) is 5.60 Å². The summed E-state index contributed by atoms with van der Waals surface area (Å²) >= 11 is 0.